The Hall–Kier alpha value is -2.87. The van der Waals surface area contributed by atoms with Crippen LogP contribution in [0.1, 0.15) is 47.4 Å². The lowest BCUT2D eigenvalue weighted by molar-refractivity contribution is -0.135. The Balaban J connectivity index is 1.31. The van der Waals surface area contributed by atoms with Gasteiger partial charge < -0.3 is 19.4 Å². The first kappa shape index (κ1) is 22.9. The van der Waals surface area contributed by atoms with Crippen molar-refractivity contribution in [2.75, 3.05) is 46.3 Å². The number of amides is 2. The summed E-state index contributed by atoms with van der Waals surface area (Å²) in [7, 11) is 2.09. The smallest absolute Gasteiger partial charge is 0.274 e. The number of aromatic nitrogens is 2. The van der Waals surface area contributed by atoms with Crippen molar-refractivity contribution >= 4 is 11.8 Å². The number of rotatable bonds is 5. The van der Waals surface area contributed by atoms with Gasteiger partial charge >= 0.3 is 0 Å². The first-order chi connectivity index (χ1) is 16.6. The van der Waals surface area contributed by atoms with Gasteiger partial charge in [0.05, 0.1) is 0 Å². The Morgan fingerprint density at radius 2 is 1.79 bits per heavy atom. The molecule has 182 valence electrons. The van der Waals surface area contributed by atoms with E-state index in [1.807, 2.05) is 40.1 Å². The number of ether oxygens (including phenoxy) is 1. The lowest BCUT2D eigenvalue weighted by Crippen LogP contribution is -2.51. The van der Waals surface area contributed by atoms with Gasteiger partial charge in [-0.2, -0.15) is 5.10 Å². The first-order valence-corrected chi connectivity index (χ1v) is 12.6. The first-order valence-electron chi connectivity index (χ1n) is 12.6. The van der Waals surface area contributed by atoms with Gasteiger partial charge in [-0.3, -0.25) is 14.7 Å². The molecule has 0 saturated carbocycles. The van der Waals surface area contributed by atoms with Gasteiger partial charge in [-0.15, -0.1) is 0 Å². The number of carbonyl (C=O) groups is 2. The number of nitrogens with zero attached hydrogens (tertiary/aromatic N) is 4. The molecule has 2 saturated heterocycles. The van der Waals surface area contributed by atoms with E-state index in [1.165, 1.54) is 0 Å². The van der Waals surface area contributed by atoms with Gasteiger partial charge in [-0.25, -0.2) is 0 Å². The zero-order valence-corrected chi connectivity index (χ0v) is 20.0. The van der Waals surface area contributed by atoms with Crippen molar-refractivity contribution in [1.82, 2.24) is 24.9 Å². The van der Waals surface area contributed by atoms with E-state index in [4.69, 9.17) is 4.74 Å². The monoisotopic (exact) mass is 465 g/mol. The van der Waals surface area contributed by atoms with E-state index in [0.29, 0.717) is 31.6 Å². The summed E-state index contributed by atoms with van der Waals surface area (Å²) in [5.41, 5.74) is 2.77. The second-order valence-corrected chi connectivity index (χ2v) is 9.89. The predicted molar refractivity (Wildman–Crippen MR) is 129 cm³/mol. The molecule has 0 unspecified atom stereocenters. The fraction of sp³-hybridized carbons (Fsp3) is 0.577. The van der Waals surface area contributed by atoms with Crippen LogP contribution in [0.25, 0.3) is 0 Å². The number of carbonyl (C=O) groups excluding carboxylic acids is 2. The number of fused-ring (bicyclic) bond motifs is 1. The van der Waals surface area contributed by atoms with Crippen LogP contribution in [-0.2, 0) is 17.6 Å². The number of nitrogens with one attached hydrogen (secondary N) is 1. The predicted octanol–water partition coefficient (Wildman–Crippen LogP) is 2.36. The molecule has 0 spiro atoms. The van der Waals surface area contributed by atoms with Crippen LogP contribution < -0.4 is 4.74 Å². The van der Waals surface area contributed by atoms with Crippen molar-refractivity contribution < 1.29 is 14.3 Å². The Morgan fingerprint density at radius 3 is 2.59 bits per heavy atom. The number of likely N-dealkylation sites (N-methyl/N-ethyl adjacent to an activating group) is 1. The second kappa shape index (κ2) is 10.2. The van der Waals surface area contributed by atoms with Crippen LogP contribution >= 0.6 is 0 Å². The Bertz CT molecular complexity index is 999. The average molecular weight is 466 g/mol. The molecule has 3 aliphatic rings. The topological polar surface area (TPSA) is 81.8 Å². The molecule has 8 heteroatoms. The summed E-state index contributed by atoms with van der Waals surface area (Å²) in [6.07, 6.45) is 5.11. The molecule has 8 nitrogen and oxygen atoms in total. The number of hydrogen-bond donors (Lipinski definition) is 1. The number of H-pyrrole nitrogens is 1. The zero-order chi connectivity index (χ0) is 23.5. The molecule has 0 radical (unpaired) electrons. The highest BCUT2D eigenvalue weighted by molar-refractivity contribution is 5.94. The van der Waals surface area contributed by atoms with Crippen LogP contribution in [0.4, 0.5) is 0 Å². The number of hydrogen-bond acceptors (Lipinski definition) is 5. The maximum Gasteiger partial charge on any atom is 0.274 e. The summed E-state index contributed by atoms with van der Waals surface area (Å²) >= 11 is 0. The molecule has 2 fully saturated rings. The third-order valence-electron chi connectivity index (χ3n) is 7.53. The Morgan fingerprint density at radius 1 is 1.03 bits per heavy atom. The van der Waals surface area contributed by atoms with Crippen molar-refractivity contribution in [2.45, 2.75) is 44.6 Å². The third kappa shape index (κ3) is 4.97. The molecule has 5 rings (SSSR count). The fourth-order valence-electron chi connectivity index (χ4n) is 5.44. The van der Waals surface area contributed by atoms with Gasteiger partial charge in [0.15, 0.2) is 5.69 Å². The molecule has 1 N–H and O–H groups in total. The van der Waals surface area contributed by atoms with E-state index in [0.717, 1.165) is 68.9 Å². The molecule has 2 atom stereocenters. The number of para-hydroxylation sites is 1. The third-order valence-corrected chi connectivity index (χ3v) is 7.53. The zero-order valence-electron chi connectivity index (χ0n) is 20.0. The van der Waals surface area contributed by atoms with Crippen LogP contribution in [0, 0.1) is 5.92 Å². The Labute approximate surface area is 201 Å². The lowest BCUT2D eigenvalue weighted by atomic mass is 9.90. The summed E-state index contributed by atoms with van der Waals surface area (Å²) in [6.45, 7) is 4.43. The van der Waals surface area contributed by atoms with Crippen molar-refractivity contribution in [3.05, 3.63) is 47.3 Å². The maximum atomic E-state index is 13.5. The second-order valence-electron chi connectivity index (χ2n) is 9.89. The van der Waals surface area contributed by atoms with E-state index >= 15 is 0 Å². The van der Waals surface area contributed by atoms with Gasteiger partial charge in [0.1, 0.15) is 11.9 Å². The highest BCUT2D eigenvalue weighted by atomic mass is 16.5. The highest BCUT2D eigenvalue weighted by Gasteiger charge is 2.37. The molecule has 1 aromatic carbocycles. The summed E-state index contributed by atoms with van der Waals surface area (Å²) < 4.78 is 6.34. The number of aryl methyl sites for hydroxylation is 1. The molecule has 3 heterocycles. The van der Waals surface area contributed by atoms with Crippen LogP contribution in [0.15, 0.2) is 30.3 Å². The molecule has 2 amide bonds. The standard InChI is InChI=1S/C26H35N5O3/c1-29-13-15-30(16-14-29)24(32)17-19-18-31(12-11-23(19)34-20-7-3-2-4-8-20)26(33)25-21-9-5-6-10-22(21)27-28-25/h2-4,7-8,19,23H,5-6,9-18H2,1H3,(H,27,28)/t19-,23-/m0/s1. The molecule has 1 aromatic heterocycles. The fourth-order valence-corrected chi connectivity index (χ4v) is 5.44. The van der Waals surface area contributed by atoms with Gasteiger partial charge in [-0.1, -0.05) is 18.2 Å². The molecule has 2 aliphatic heterocycles. The van der Waals surface area contributed by atoms with Crippen LogP contribution in [0.5, 0.6) is 5.75 Å². The Kier molecular flexibility index (Phi) is 6.85. The number of benzene rings is 1. The maximum absolute atomic E-state index is 13.5. The minimum absolute atomic E-state index is 0.0189. The summed E-state index contributed by atoms with van der Waals surface area (Å²) in [4.78, 5) is 32.8. The lowest BCUT2D eigenvalue weighted by Gasteiger charge is -2.39. The minimum atomic E-state index is -0.101. The summed E-state index contributed by atoms with van der Waals surface area (Å²) in [5.74, 6) is 0.895. The quantitative estimate of drug-likeness (QED) is 0.733. The molecular weight excluding hydrogens is 430 g/mol. The van der Waals surface area contributed by atoms with Crippen molar-refractivity contribution in [3.8, 4) is 5.75 Å². The SMILES string of the molecule is CN1CCN(C(=O)C[C@H]2CN(C(=O)c3n[nH]c4c3CCCC4)CC[C@@H]2Oc2ccccc2)CC1. The van der Waals surface area contributed by atoms with E-state index < -0.39 is 0 Å². The molecule has 34 heavy (non-hydrogen) atoms. The van der Waals surface area contributed by atoms with Gasteiger partial charge in [0.25, 0.3) is 5.91 Å². The van der Waals surface area contributed by atoms with Crippen molar-refractivity contribution in [2.24, 2.45) is 5.92 Å². The number of piperazine rings is 1. The molecule has 1 aliphatic carbocycles. The van der Waals surface area contributed by atoms with Crippen molar-refractivity contribution in [3.63, 3.8) is 0 Å². The van der Waals surface area contributed by atoms with Gasteiger partial charge in [0, 0.05) is 69.3 Å². The normalized spacial score (nSPS) is 23.4. The molecular formula is C26H35N5O3. The van der Waals surface area contributed by atoms with E-state index in [2.05, 4.69) is 22.1 Å². The highest BCUT2D eigenvalue weighted by Crippen LogP contribution is 2.29. The summed E-state index contributed by atoms with van der Waals surface area (Å²) in [5, 5.41) is 7.49. The van der Waals surface area contributed by atoms with Crippen LogP contribution in [0.3, 0.4) is 0 Å². The summed E-state index contributed by atoms with van der Waals surface area (Å²) in [6, 6.07) is 9.78. The molecule has 0 bridgehead atoms. The van der Waals surface area contributed by atoms with E-state index in [1.54, 1.807) is 0 Å². The number of aromatic amines is 1. The molecule has 2 aromatic rings. The van der Waals surface area contributed by atoms with E-state index in [-0.39, 0.29) is 23.8 Å². The largest absolute Gasteiger partial charge is 0.490 e. The van der Waals surface area contributed by atoms with Crippen LogP contribution in [0.2, 0.25) is 0 Å². The van der Waals surface area contributed by atoms with Gasteiger partial charge in [-0.05, 0) is 44.9 Å². The van der Waals surface area contributed by atoms with Crippen molar-refractivity contribution in [1.29, 1.82) is 0 Å². The minimum Gasteiger partial charge on any atom is -0.490 e. The number of likely N-dealkylation sites (tertiary alicyclic amines) is 1. The van der Waals surface area contributed by atoms with Crippen LogP contribution in [-0.4, -0.2) is 89.1 Å². The average Bonchev–Trinajstić information content (AvgIpc) is 3.30. The van der Waals surface area contributed by atoms with E-state index in [9.17, 15) is 9.59 Å². The van der Waals surface area contributed by atoms with Gasteiger partial charge in [0.2, 0.25) is 5.91 Å². The number of piperidine rings is 1.